The molecule has 2 aromatic carbocycles. The SMILES string of the molecule is Cc1ccc(C(C)(c2c[nH]c3cc(C(=O)O)ccc23)C(C)C)cc1. The van der Waals surface area contributed by atoms with Gasteiger partial charge in [-0.2, -0.15) is 0 Å². The zero-order valence-electron chi connectivity index (χ0n) is 14.6. The minimum atomic E-state index is -0.904. The molecule has 1 heterocycles. The van der Waals surface area contributed by atoms with Gasteiger partial charge in [-0.1, -0.05) is 56.7 Å². The van der Waals surface area contributed by atoms with E-state index in [1.807, 2.05) is 12.3 Å². The fraction of sp³-hybridized carbons (Fsp3) is 0.286. The highest BCUT2D eigenvalue weighted by molar-refractivity contribution is 5.94. The molecule has 0 fully saturated rings. The predicted molar refractivity (Wildman–Crippen MR) is 97.7 cm³/mol. The van der Waals surface area contributed by atoms with E-state index in [-0.39, 0.29) is 5.41 Å². The van der Waals surface area contributed by atoms with Gasteiger partial charge in [-0.25, -0.2) is 4.79 Å². The van der Waals surface area contributed by atoms with Crippen LogP contribution in [0.3, 0.4) is 0 Å². The highest BCUT2D eigenvalue weighted by Crippen LogP contribution is 2.42. The Balaban J connectivity index is 2.21. The van der Waals surface area contributed by atoms with Crippen molar-refractivity contribution in [2.24, 2.45) is 5.92 Å². The van der Waals surface area contributed by atoms with Gasteiger partial charge in [0.15, 0.2) is 0 Å². The van der Waals surface area contributed by atoms with Crippen molar-refractivity contribution in [3.05, 3.63) is 70.9 Å². The monoisotopic (exact) mass is 321 g/mol. The highest BCUT2D eigenvalue weighted by Gasteiger charge is 2.34. The summed E-state index contributed by atoms with van der Waals surface area (Å²) in [6, 6.07) is 14.0. The summed E-state index contributed by atoms with van der Waals surface area (Å²) < 4.78 is 0. The van der Waals surface area contributed by atoms with Gasteiger partial charge in [0, 0.05) is 22.5 Å². The molecule has 0 aliphatic carbocycles. The minimum absolute atomic E-state index is 0.156. The fourth-order valence-electron chi connectivity index (χ4n) is 3.39. The number of carboxylic acid groups (broad SMARTS) is 1. The zero-order chi connectivity index (χ0) is 17.5. The lowest BCUT2D eigenvalue weighted by molar-refractivity contribution is 0.0697. The Labute approximate surface area is 142 Å². The van der Waals surface area contributed by atoms with E-state index in [4.69, 9.17) is 0 Å². The Morgan fingerprint density at radius 2 is 1.79 bits per heavy atom. The molecule has 0 radical (unpaired) electrons. The second kappa shape index (κ2) is 5.82. The Morgan fingerprint density at radius 3 is 2.38 bits per heavy atom. The van der Waals surface area contributed by atoms with Crippen LogP contribution >= 0.6 is 0 Å². The summed E-state index contributed by atoms with van der Waals surface area (Å²) in [7, 11) is 0. The zero-order valence-corrected chi connectivity index (χ0v) is 14.6. The molecular weight excluding hydrogens is 298 g/mol. The molecule has 0 spiro atoms. The topological polar surface area (TPSA) is 53.1 Å². The van der Waals surface area contributed by atoms with Gasteiger partial charge in [0.2, 0.25) is 0 Å². The van der Waals surface area contributed by atoms with Gasteiger partial charge >= 0.3 is 5.97 Å². The average Bonchev–Trinajstić information content (AvgIpc) is 2.98. The molecule has 3 heteroatoms. The number of hydrogen-bond donors (Lipinski definition) is 2. The van der Waals surface area contributed by atoms with E-state index >= 15 is 0 Å². The van der Waals surface area contributed by atoms with E-state index in [1.54, 1.807) is 12.1 Å². The molecule has 2 N–H and O–H groups in total. The second-order valence-corrected chi connectivity index (χ2v) is 6.99. The summed E-state index contributed by atoms with van der Waals surface area (Å²) in [5.41, 5.74) is 4.73. The molecule has 0 amide bonds. The number of H-pyrrole nitrogens is 1. The molecule has 124 valence electrons. The van der Waals surface area contributed by atoms with Crippen molar-refractivity contribution in [1.29, 1.82) is 0 Å². The summed E-state index contributed by atoms with van der Waals surface area (Å²) >= 11 is 0. The standard InChI is InChI=1S/C21H23NO2/c1-13(2)21(4,16-8-5-14(3)6-9-16)18-12-22-19-11-15(20(23)24)7-10-17(18)19/h5-13,22H,1-4H3,(H,23,24). The number of hydrogen-bond acceptors (Lipinski definition) is 1. The van der Waals surface area contributed by atoms with Crippen LogP contribution in [0.25, 0.3) is 10.9 Å². The Hall–Kier alpha value is -2.55. The van der Waals surface area contributed by atoms with Gasteiger partial charge in [-0.05, 0) is 36.1 Å². The number of benzene rings is 2. The van der Waals surface area contributed by atoms with E-state index in [1.165, 1.54) is 16.7 Å². The lowest BCUT2D eigenvalue weighted by Gasteiger charge is -2.35. The van der Waals surface area contributed by atoms with Crippen LogP contribution in [0.5, 0.6) is 0 Å². The van der Waals surface area contributed by atoms with Crippen molar-refractivity contribution in [2.75, 3.05) is 0 Å². The Bertz CT molecular complexity index is 890. The van der Waals surface area contributed by atoms with E-state index in [0.29, 0.717) is 11.5 Å². The predicted octanol–water partition coefficient (Wildman–Crippen LogP) is 5.14. The molecule has 0 saturated heterocycles. The molecule has 0 saturated carbocycles. The number of aromatic amines is 1. The Morgan fingerprint density at radius 1 is 1.12 bits per heavy atom. The molecule has 24 heavy (non-hydrogen) atoms. The molecule has 3 nitrogen and oxygen atoms in total. The minimum Gasteiger partial charge on any atom is -0.478 e. The van der Waals surface area contributed by atoms with Gasteiger partial charge in [0.05, 0.1) is 5.56 Å². The quantitative estimate of drug-likeness (QED) is 0.699. The van der Waals surface area contributed by atoms with Crippen molar-refractivity contribution in [2.45, 2.75) is 33.1 Å². The summed E-state index contributed by atoms with van der Waals surface area (Å²) in [5.74, 6) is -0.517. The van der Waals surface area contributed by atoms with Crippen LogP contribution in [0.2, 0.25) is 0 Å². The van der Waals surface area contributed by atoms with Crippen LogP contribution in [0.4, 0.5) is 0 Å². The maximum atomic E-state index is 11.2. The van der Waals surface area contributed by atoms with Crippen molar-refractivity contribution in [3.8, 4) is 0 Å². The van der Waals surface area contributed by atoms with Gasteiger partial charge in [-0.3, -0.25) is 0 Å². The molecule has 1 unspecified atom stereocenters. The average molecular weight is 321 g/mol. The number of fused-ring (bicyclic) bond motifs is 1. The van der Waals surface area contributed by atoms with Gasteiger partial charge < -0.3 is 10.1 Å². The number of aromatic nitrogens is 1. The van der Waals surface area contributed by atoms with Crippen LogP contribution < -0.4 is 0 Å². The molecular formula is C21H23NO2. The van der Waals surface area contributed by atoms with E-state index in [0.717, 1.165) is 10.9 Å². The first-order valence-electron chi connectivity index (χ1n) is 8.26. The first kappa shape index (κ1) is 16.3. The molecule has 3 aromatic rings. The number of carbonyl (C=O) groups is 1. The van der Waals surface area contributed by atoms with E-state index < -0.39 is 5.97 Å². The first-order valence-corrected chi connectivity index (χ1v) is 8.26. The van der Waals surface area contributed by atoms with Crippen molar-refractivity contribution in [3.63, 3.8) is 0 Å². The van der Waals surface area contributed by atoms with Crippen molar-refractivity contribution in [1.82, 2.24) is 4.98 Å². The number of aryl methyl sites for hydroxylation is 1. The van der Waals surface area contributed by atoms with Crippen LogP contribution in [-0.4, -0.2) is 16.1 Å². The van der Waals surface area contributed by atoms with Gasteiger partial charge in [-0.15, -0.1) is 0 Å². The van der Waals surface area contributed by atoms with Crippen LogP contribution in [0.1, 0.15) is 47.8 Å². The fourth-order valence-corrected chi connectivity index (χ4v) is 3.39. The van der Waals surface area contributed by atoms with Crippen molar-refractivity contribution < 1.29 is 9.90 Å². The van der Waals surface area contributed by atoms with E-state index in [9.17, 15) is 9.90 Å². The normalized spacial score (nSPS) is 14.0. The molecule has 0 aliphatic heterocycles. The van der Waals surface area contributed by atoms with E-state index in [2.05, 4.69) is 56.9 Å². The molecule has 0 bridgehead atoms. The number of nitrogens with one attached hydrogen (secondary N) is 1. The second-order valence-electron chi connectivity index (χ2n) is 6.99. The number of rotatable bonds is 4. The maximum Gasteiger partial charge on any atom is 0.335 e. The smallest absolute Gasteiger partial charge is 0.335 e. The largest absolute Gasteiger partial charge is 0.478 e. The van der Waals surface area contributed by atoms with Crippen LogP contribution in [-0.2, 0) is 5.41 Å². The summed E-state index contributed by atoms with van der Waals surface area (Å²) in [6.45, 7) is 8.81. The van der Waals surface area contributed by atoms with Gasteiger partial charge in [0.1, 0.15) is 0 Å². The highest BCUT2D eigenvalue weighted by atomic mass is 16.4. The molecule has 0 aliphatic rings. The van der Waals surface area contributed by atoms with Gasteiger partial charge in [0.25, 0.3) is 0 Å². The molecule has 1 atom stereocenters. The molecule has 3 rings (SSSR count). The number of carboxylic acids is 1. The number of aromatic carboxylic acids is 1. The van der Waals surface area contributed by atoms with Crippen LogP contribution in [0.15, 0.2) is 48.7 Å². The molecule has 1 aromatic heterocycles. The van der Waals surface area contributed by atoms with Crippen molar-refractivity contribution >= 4 is 16.9 Å². The maximum absolute atomic E-state index is 11.2. The van der Waals surface area contributed by atoms with Crippen LogP contribution in [0, 0.1) is 12.8 Å². The summed E-state index contributed by atoms with van der Waals surface area (Å²) in [6.07, 6.45) is 2.02. The lowest BCUT2D eigenvalue weighted by Crippen LogP contribution is -2.29. The Kier molecular flexibility index (Phi) is 3.96. The first-order chi connectivity index (χ1) is 11.3. The third kappa shape index (κ3) is 2.50. The third-order valence-corrected chi connectivity index (χ3v) is 5.29. The summed E-state index contributed by atoms with van der Waals surface area (Å²) in [5, 5.41) is 10.3. The third-order valence-electron chi connectivity index (χ3n) is 5.29. The summed E-state index contributed by atoms with van der Waals surface area (Å²) in [4.78, 5) is 14.5. The lowest BCUT2D eigenvalue weighted by atomic mass is 9.68.